The van der Waals surface area contributed by atoms with E-state index in [-0.39, 0.29) is 35.9 Å². The summed E-state index contributed by atoms with van der Waals surface area (Å²) in [5.41, 5.74) is 0.987. The number of rotatable bonds is 7. The minimum atomic E-state index is -0.224. The van der Waals surface area contributed by atoms with Gasteiger partial charge in [-0.15, -0.1) is 24.0 Å². The Kier molecular flexibility index (Phi) is 11.0. The Hall–Kier alpha value is -0.930. The van der Waals surface area contributed by atoms with Gasteiger partial charge in [-0.05, 0) is 50.4 Å². The lowest BCUT2D eigenvalue weighted by molar-refractivity contribution is 0.0823. The topological polar surface area (TPSA) is 59.9 Å². The number of aliphatic hydroxyl groups excluding tert-OH is 1. The molecule has 0 saturated carbocycles. The fourth-order valence-electron chi connectivity index (χ4n) is 2.75. The maximum absolute atomic E-state index is 12.9. The minimum absolute atomic E-state index is 0. The molecule has 0 unspecified atom stereocenters. The van der Waals surface area contributed by atoms with Crippen molar-refractivity contribution in [1.82, 2.24) is 15.5 Å². The molecule has 3 N–H and O–H groups in total. The molecule has 0 aromatic heterocycles. The first-order valence-electron chi connectivity index (χ1n) is 8.84. The highest BCUT2D eigenvalue weighted by molar-refractivity contribution is 14.0. The van der Waals surface area contributed by atoms with Crippen molar-refractivity contribution in [2.24, 2.45) is 4.99 Å². The first-order chi connectivity index (χ1) is 11.7. The lowest BCUT2D eigenvalue weighted by atomic mass is 10.1. The van der Waals surface area contributed by atoms with E-state index in [9.17, 15) is 9.50 Å². The summed E-state index contributed by atoms with van der Waals surface area (Å²) in [6.45, 7) is 7.23. The molecule has 142 valence electrons. The van der Waals surface area contributed by atoms with Crippen molar-refractivity contribution >= 4 is 29.9 Å². The van der Waals surface area contributed by atoms with E-state index in [4.69, 9.17) is 0 Å². The summed E-state index contributed by atoms with van der Waals surface area (Å²) in [6.07, 6.45) is 2.69. The molecule has 0 bridgehead atoms. The molecule has 1 saturated heterocycles. The quantitative estimate of drug-likeness (QED) is 0.251. The van der Waals surface area contributed by atoms with Crippen molar-refractivity contribution in [3.05, 3.63) is 35.6 Å². The summed E-state index contributed by atoms with van der Waals surface area (Å²) in [4.78, 5) is 6.93. The maximum Gasteiger partial charge on any atom is 0.191 e. The van der Waals surface area contributed by atoms with Gasteiger partial charge in [0.1, 0.15) is 5.82 Å². The molecule has 0 atom stereocenters. The van der Waals surface area contributed by atoms with Gasteiger partial charge in [-0.25, -0.2) is 9.38 Å². The summed E-state index contributed by atoms with van der Waals surface area (Å²) in [6, 6.07) is 6.43. The van der Waals surface area contributed by atoms with E-state index in [0.717, 1.165) is 63.5 Å². The number of nitrogens with zero attached hydrogens (tertiary/aromatic N) is 2. The summed E-state index contributed by atoms with van der Waals surface area (Å²) >= 11 is 0. The van der Waals surface area contributed by atoms with E-state index >= 15 is 0 Å². The van der Waals surface area contributed by atoms with Gasteiger partial charge in [0, 0.05) is 26.2 Å². The predicted octanol–water partition coefficient (Wildman–Crippen LogP) is 2.35. The van der Waals surface area contributed by atoms with Crippen molar-refractivity contribution in [2.75, 3.05) is 32.7 Å². The van der Waals surface area contributed by atoms with Crippen molar-refractivity contribution in [3.63, 3.8) is 0 Å². The van der Waals surface area contributed by atoms with Gasteiger partial charge in [-0.3, -0.25) is 0 Å². The van der Waals surface area contributed by atoms with Gasteiger partial charge in [0.25, 0.3) is 0 Å². The van der Waals surface area contributed by atoms with Crippen LogP contribution in [0.3, 0.4) is 0 Å². The number of guanidine groups is 1. The molecule has 1 aliphatic heterocycles. The molecule has 0 amide bonds. The number of nitrogens with one attached hydrogen (secondary N) is 2. The zero-order chi connectivity index (χ0) is 17.2. The van der Waals surface area contributed by atoms with Crippen molar-refractivity contribution < 1.29 is 9.50 Å². The second kappa shape index (κ2) is 12.4. The molecule has 1 heterocycles. The fraction of sp³-hybridized carbons (Fsp3) is 0.611. The molecular formula is C18H30FIN4O. The first-order valence-corrected chi connectivity index (χ1v) is 8.84. The second-order valence-corrected chi connectivity index (χ2v) is 6.17. The third-order valence-electron chi connectivity index (χ3n) is 4.18. The molecule has 1 aliphatic rings. The van der Waals surface area contributed by atoms with Crippen LogP contribution in [0.15, 0.2) is 29.3 Å². The van der Waals surface area contributed by atoms with Crippen LogP contribution in [0.25, 0.3) is 0 Å². The summed E-state index contributed by atoms with van der Waals surface area (Å²) in [5.74, 6) is 0.564. The first kappa shape index (κ1) is 22.1. The van der Waals surface area contributed by atoms with Crippen LogP contribution < -0.4 is 10.6 Å². The Balaban J connectivity index is 0.00000312. The van der Waals surface area contributed by atoms with Crippen LogP contribution in [0.2, 0.25) is 0 Å². The van der Waals surface area contributed by atoms with Gasteiger partial charge < -0.3 is 20.6 Å². The molecule has 1 aromatic rings. The smallest absolute Gasteiger partial charge is 0.191 e. The maximum atomic E-state index is 12.9. The van der Waals surface area contributed by atoms with Gasteiger partial charge in [-0.2, -0.15) is 0 Å². The van der Waals surface area contributed by atoms with Crippen LogP contribution >= 0.6 is 24.0 Å². The van der Waals surface area contributed by atoms with Crippen LogP contribution in [0.4, 0.5) is 4.39 Å². The van der Waals surface area contributed by atoms with E-state index in [2.05, 4.69) is 20.5 Å². The van der Waals surface area contributed by atoms with Crippen molar-refractivity contribution in [3.8, 4) is 0 Å². The van der Waals surface area contributed by atoms with E-state index in [0.29, 0.717) is 6.54 Å². The molecule has 25 heavy (non-hydrogen) atoms. The molecule has 0 radical (unpaired) electrons. The SMILES string of the molecule is CCNC(=NCc1ccc(F)cc1)NCCCN1CCC(O)CC1.I. The molecule has 0 aliphatic carbocycles. The Morgan fingerprint density at radius 3 is 2.56 bits per heavy atom. The van der Waals surface area contributed by atoms with Crippen LogP contribution in [0, 0.1) is 5.82 Å². The lowest BCUT2D eigenvalue weighted by Crippen LogP contribution is -2.40. The zero-order valence-corrected chi connectivity index (χ0v) is 17.2. The number of piperidine rings is 1. The third-order valence-corrected chi connectivity index (χ3v) is 4.18. The third kappa shape index (κ3) is 8.82. The lowest BCUT2D eigenvalue weighted by Gasteiger charge is -2.29. The monoisotopic (exact) mass is 464 g/mol. The number of aliphatic hydroxyl groups is 1. The second-order valence-electron chi connectivity index (χ2n) is 6.17. The highest BCUT2D eigenvalue weighted by Crippen LogP contribution is 2.09. The van der Waals surface area contributed by atoms with Crippen molar-refractivity contribution in [2.45, 2.75) is 38.8 Å². The van der Waals surface area contributed by atoms with Crippen LogP contribution in [0.5, 0.6) is 0 Å². The van der Waals surface area contributed by atoms with E-state index < -0.39 is 0 Å². The molecule has 1 fully saturated rings. The number of hydrogen-bond acceptors (Lipinski definition) is 3. The highest BCUT2D eigenvalue weighted by Gasteiger charge is 2.15. The molecule has 7 heteroatoms. The molecular weight excluding hydrogens is 434 g/mol. The number of hydrogen-bond donors (Lipinski definition) is 3. The fourth-order valence-corrected chi connectivity index (χ4v) is 2.75. The standard InChI is InChI=1S/C18H29FN4O.HI/c1-2-20-18(22-14-15-4-6-16(19)7-5-15)21-10-3-11-23-12-8-17(24)9-13-23;/h4-7,17,24H,2-3,8-14H2,1H3,(H2,20,21,22);1H. The number of aliphatic imine (C=N–C) groups is 1. The van der Waals surface area contributed by atoms with Crippen LogP contribution in [-0.2, 0) is 6.54 Å². The van der Waals surface area contributed by atoms with Gasteiger partial charge >= 0.3 is 0 Å². The molecule has 0 spiro atoms. The molecule has 2 rings (SSSR count). The number of halogens is 2. The largest absolute Gasteiger partial charge is 0.393 e. The Bertz CT molecular complexity index is 504. The zero-order valence-electron chi connectivity index (χ0n) is 14.9. The number of benzene rings is 1. The minimum Gasteiger partial charge on any atom is -0.393 e. The van der Waals surface area contributed by atoms with Gasteiger partial charge in [0.15, 0.2) is 5.96 Å². The highest BCUT2D eigenvalue weighted by atomic mass is 127. The normalized spacial score (nSPS) is 16.4. The average Bonchev–Trinajstić information content (AvgIpc) is 2.59. The average molecular weight is 464 g/mol. The van der Waals surface area contributed by atoms with Crippen molar-refractivity contribution in [1.29, 1.82) is 0 Å². The van der Waals surface area contributed by atoms with Gasteiger partial charge in [-0.1, -0.05) is 12.1 Å². The summed E-state index contributed by atoms with van der Waals surface area (Å²) < 4.78 is 12.9. The summed E-state index contributed by atoms with van der Waals surface area (Å²) in [7, 11) is 0. The van der Waals surface area contributed by atoms with E-state index in [1.165, 1.54) is 12.1 Å². The predicted molar refractivity (Wildman–Crippen MR) is 111 cm³/mol. The van der Waals surface area contributed by atoms with E-state index in [1.54, 1.807) is 12.1 Å². The summed E-state index contributed by atoms with van der Waals surface area (Å²) in [5, 5.41) is 16.1. The van der Waals surface area contributed by atoms with Gasteiger partial charge in [0.2, 0.25) is 0 Å². The van der Waals surface area contributed by atoms with Gasteiger partial charge in [0.05, 0.1) is 12.6 Å². The Morgan fingerprint density at radius 2 is 1.92 bits per heavy atom. The van der Waals surface area contributed by atoms with E-state index in [1.807, 2.05) is 6.92 Å². The van der Waals surface area contributed by atoms with Crippen LogP contribution in [-0.4, -0.2) is 54.8 Å². The molecule has 1 aromatic carbocycles. The van der Waals surface area contributed by atoms with Crippen LogP contribution in [0.1, 0.15) is 31.7 Å². The Labute approximate surface area is 167 Å². The number of likely N-dealkylation sites (tertiary alicyclic amines) is 1. The Morgan fingerprint density at radius 1 is 1.24 bits per heavy atom. The molecule has 5 nitrogen and oxygen atoms in total.